The van der Waals surface area contributed by atoms with E-state index in [1.54, 1.807) is 4.90 Å². The molecule has 7 nitrogen and oxygen atoms in total. The van der Waals surface area contributed by atoms with Crippen molar-refractivity contribution in [3.8, 4) is 0 Å². The second-order valence-corrected chi connectivity index (χ2v) is 10.2. The van der Waals surface area contributed by atoms with Gasteiger partial charge in [0.25, 0.3) is 5.91 Å². The van der Waals surface area contributed by atoms with Gasteiger partial charge in [-0.1, -0.05) is 18.2 Å². The molecule has 8 heteroatoms. The van der Waals surface area contributed by atoms with Crippen molar-refractivity contribution in [3.63, 3.8) is 0 Å². The van der Waals surface area contributed by atoms with Crippen LogP contribution in [-0.4, -0.2) is 60.4 Å². The number of benzene rings is 1. The molecule has 1 aromatic heterocycles. The van der Waals surface area contributed by atoms with Crippen LogP contribution < -0.4 is 0 Å². The van der Waals surface area contributed by atoms with Crippen LogP contribution in [0.4, 0.5) is 0 Å². The fraction of sp³-hybridized carbons (Fsp3) is 0.524. The lowest BCUT2D eigenvalue weighted by molar-refractivity contribution is -0.153. The van der Waals surface area contributed by atoms with E-state index in [0.717, 1.165) is 35.7 Å². The number of para-hydroxylation sites is 1. The summed E-state index contributed by atoms with van der Waals surface area (Å²) in [5, 5.41) is 1.16. The van der Waals surface area contributed by atoms with Gasteiger partial charge in [-0.25, -0.2) is 8.42 Å². The van der Waals surface area contributed by atoms with Gasteiger partial charge in [0.15, 0.2) is 16.4 Å². The number of nitrogens with one attached hydrogen (secondary N) is 1. The molecule has 2 fully saturated rings. The van der Waals surface area contributed by atoms with E-state index in [1.807, 2.05) is 30.5 Å². The minimum absolute atomic E-state index is 0.0216. The molecule has 1 N–H and O–H groups in total. The Bertz CT molecular complexity index is 1010. The quantitative estimate of drug-likeness (QED) is 0.663. The van der Waals surface area contributed by atoms with E-state index in [0.29, 0.717) is 12.8 Å². The summed E-state index contributed by atoms with van der Waals surface area (Å²) in [6.07, 6.45) is 5.85. The monoisotopic (exact) mass is 418 g/mol. The van der Waals surface area contributed by atoms with E-state index in [1.165, 1.54) is 0 Å². The van der Waals surface area contributed by atoms with Crippen molar-refractivity contribution in [2.75, 3.05) is 18.1 Å². The smallest absolute Gasteiger partial charge is 0.306 e. The van der Waals surface area contributed by atoms with Crippen molar-refractivity contribution in [2.45, 2.75) is 50.6 Å². The number of aromatic nitrogens is 1. The Morgan fingerprint density at radius 1 is 1.14 bits per heavy atom. The maximum Gasteiger partial charge on any atom is 0.306 e. The van der Waals surface area contributed by atoms with Gasteiger partial charge in [-0.3, -0.25) is 9.59 Å². The van der Waals surface area contributed by atoms with Crippen LogP contribution in [-0.2, 0) is 30.6 Å². The number of esters is 1. The molecule has 29 heavy (non-hydrogen) atoms. The Kier molecular flexibility index (Phi) is 5.63. The van der Waals surface area contributed by atoms with E-state index in [-0.39, 0.29) is 42.5 Å². The third-order valence-electron chi connectivity index (χ3n) is 5.69. The number of nitrogens with zero attached hydrogens (tertiary/aromatic N) is 1. The van der Waals surface area contributed by atoms with Gasteiger partial charge < -0.3 is 14.6 Å². The molecular formula is C21H26N2O5S. The van der Waals surface area contributed by atoms with Crippen molar-refractivity contribution in [1.82, 2.24) is 9.88 Å². The highest BCUT2D eigenvalue weighted by atomic mass is 32.2. The fourth-order valence-electron chi connectivity index (χ4n) is 4.10. The molecule has 1 aromatic carbocycles. The predicted molar refractivity (Wildman–Crippen MR) is 109 cm³/mol. The van der Waals surface area contributed by atoms with Crippen molar-refractivity contribution < 1.29 is 22.7 Å². The minimum Gasteiger partial charge on any atom is -0.456 e. The highest BCUT2D eigenvalue weighted by Crippen LogP contribution is 2.32. The Hall–Kier alpha value is -2.35. The van der Waals surface area contributed by atoms with Crippen LogP contribution in [0.2, 0.25) is 0 Å². The summed E-state index contributed by atoms with van der Waals surface area (Å²) in [5.74, 6) is -0.525. The first-order chi connectivity index (χ1) is 13.9. The highest BCUT2D eigenvalue weighted by molar-refractivity contribution is 7.91. The normalized spacial score (nSPS) is 20.6. The number of aromatic amines is 1. The zero-order valence-corrected chi connectivity index (χ0v) is 17.1. The average Bonchev–Trinajstić information content (AvgIpc) is 3.34. The molecule has 0 bridgehead atoms. The van der Waals surface area contributed by atoms with Gasteiger partial charge in [0.1, 0.15) is 0 Å². The summed E-state index contributed by atoms with van der Waals surface area (Å²) >= 11 is 0. The third kappa shape index (κ3) is 4.80. The Morgan fingerprint density at radius 3 is 2.66 bits per heavy atom. The summed E-state index contributed by atoms with van der Waals surface area (Å²) in [5.41, 5.74) is 2.23. The summed E-state index contributed by atoms with van der Waals surface area (Å²) in [4.78, 5) is 29.5. The number of amides is 1. The number of carbonyl (C=O) groups excluding carboxylic acids is 2. The number of fused-ring (bicyclic) bond motifs is 1. The molecule has 1 atom stereocenters. The van der Waals surface area contributed by atoms with Crippen LogP contribution in [0, 0.1) is 0 Å². The highest BCUT2D eigenvalue weighted by Gasteiger charge is 2.42. The van der Waals surface area contributed by atoms with Gasteiger partial charge in [0.2, 0.25) is 0 Å². The van der Waals surface area contributed by atoms with Gasteiger partial charge in [-0.05, 0) is 43.7 Å². The molecule has 1 saturated carbocycles. The Labute approximate surface area is 170 Å². The molecule has 0 spiro atoms. The number of hydrogen-bond acceptors (Lipinski definition) is 5. The Morgan fingerprint density at radius 2 is 1.93 bits per heavy atom. The largest absolute Gasteiger partial charge is 0.456 e. The first-order valence-electron chi connectivity index (χ1n) is 10.2. The number of aryl methyl sites for hydroxylation is 1. The number of H-pyrrole nitrogens is 1. The van der Waals surface area contributed by atoms with Crippen LogP contribution in [0.15, 0.2) is 30.5 Å². The molecule has 2 aromatic rings. The van der Waals surface area contributed by atoms with Gasteiger partial charge in [-0.15, -0.1) is 0 Å². The maximum atomic E-state index is 12.6. The molecule has 1 amide bonds. The van der Waals surface area contributed by atoms with E-state index >= 15 is 0 Å². The second-order valence-electron chi connectivity index (χ2n) is 7.96. The predicted octanol–water partition coefficient (Wildman–Crippen LogP) is 2.21. The second kappa shape index (κ2) is 8.18. The van der Waals surface area contributed by atoms with E-state index < -0.39 is 15.8 Å². The van der Waals surface area contributed by atoms with Gasteiger partial charge in [0, 0.05) is 35.6 Å². The number of ether oxygens (including phenoxy) is 1. The fourth-order valence-corrected chi connectivity index (χ4v) is 5.81. The maximum absolute atomic E-state index is 12.6. The first-order valence-corrected chi connectivity index (χ1v) is 12.0. The van der Waals surface area contributed by atoms with Gasteiger partial charge in [0.05, 0.1) is 11.5 Å². The van der Waals surface area contributed by atoms with Crippen molar-refractivity contribution in [2.24, 2.45) is 0 Å². The van der Waals surface area contributed by atoms with Crippen LogP contribution in [0.5, 0.6) is 0 Å². The van der Waals surface area contributed by atoms with Gasteiger partial charge in [-0.2, -0.15) is 0 Å². The molecule has 2 aliphatic rings. The summed E-state index contributed by atoms with van der Waals surface area (Å²) < 4.78 is 28.7. The number of sulfone groups is 1. The van der Waals surface area contributed by atoms with Crippen LogP contribution >= 0.6 is 0 Å². The van der Waals surface area contributed by atoms with Crippen molar-refractivity contribution in [3.05, 3.63) is 36.0 Å². The number of carbonyl (C=O) groups is 2. The lowest BCUT2D eigenvalue weighted by Gasteiger charge is -2.28. The SMILES string of the molecule is O=C(CCCc1c[nH]c2ccccc12)OCC(=O)N(C1CC1)[C@H]1CCS(=O)(=O)C1. The van der Waals surface area contributed by atoms with E-state index in [9.17, 15) is 18.0 Å². The third-order valence-corrected chi connectivity index (χ3v) is 7.44. The zero-order valence-electron chi connectivity index (χ0n) is 16.3. The zero-order chi connectivity index (χ0) is 20.4. The summed E-state index contributed by atoms with van der Waals surface area (Å²) in [7, 11) is -3.06. The summed E-state index contributed by atoms with van der Waals surface area (Å²) in [6, 6.07) is 7.85. The van der Waals surface area contributed by atoms with Crippen LogP contribution in [0.3, 0.4) is 0 Å². The van der Waals surface area contributed by atoms with Crippen LogP contribution in [0.25, 0.3) is 10.9 Å². The lowest BCUT2D eigenvalue weighted by atomic mass is 10.1. The first kappa shape index (κ1) is 19.9. The van der Waals surface area contributed by atoms with Gasteiger partial charge >= 0.3 is 5.97 Å². The topological polar surface area (TPSA) is 96.5 Å². The molecule has 0 unspecified atom stereocenters. The molecule has 0 radical (unpaired) electrons. The Balaban J connectivity index is 1.24. The molecule has 1 saturated heterocycles. The van der Waals surface area contributed by atoms with Crippen molar-refractivity contribution in [1.29, 1.82) is 0 Å². The van der Waals surface area contributed by atoms with Crippen LogP contribution in [0.1, 0.15) is 37.7 Å². The molecular weight excluding hydrogens is 392 g/mol. The standard InChI is InChI=1S/C21H26N2O5S/c24-20(23(16-8-9-16)17-10-11-29(26,27)14-17)13-28-21(25)7-3-4-15-12-22-19-6-2-1-5-18(15)19/h1-2,5-6,12,16-17,22H,3-4,7-11,13-14H2/t17-/m0/s1. The van der Waals surface area contributed by atoms with E-state index in [4.69, 9.17) is 4.74 Å². The number of rotatable bonds is 8. The average molecular weight is 419 g/mol. The minimum atomic E-state index is -3.06. The molecule has 2 heterocycles. The molecule has 1 aliphatic carbocycles. The number of hydrogen-bond donors (Lipinski definition) is 1. The molecule has 156 valence electrons. The van der Waals surface area contributed by atoms with E-state index in [2.05, 4.69) is 4.98 Å². The molecule has 4 rings (SSSR count). The van der Waals surface area contributed by atoms with Crippen molar-refractivity contribution >= 4 is 32.6 Å². The lowest BCUT2D eigenvalue weighted by Crippen LogP contribution is -2.44. The molecule has 1 aliphatic heterocycles. The summed E-state index contributed by atoms with van der Waals surface area (Å²) in [6.45, 7) is -0.307.